The summed E-state index contributed by atoms with van der Waals surface area (Å²) in [6.45, 7) is 0.305. The molecule has 21 heavy (non-hydrogen) atoms. The molecule has 0 aromatic heterocycles. The Bertz CT molecular complexity index is 498. The summed E-state index contributed by atoms with van der Waals surface area (Å²) in [5.74, 6) is 6.16. The Kier molecular flexibility index (Phi) is 10.5. The fourth-order valence-electron chi connectivity index (χ4n) is 1.77. The summed E-state index contributed by atoms with van der Waals surface area (Å²) >= 11 is 0. The summed E-state index contributed by atoms with van der Waals surface area (Å²) in [5.41, 5.74) is 1.20. The van der Waals surface area contributed by atoms with Gasteiger partial charge in [-0.15, -0.1) is 0 Å². The molecule has 0 amide bonds. The monoisotopic (exact) mass is 280 g/mol. The first kappa shape index (κ1) is 17.0. The first-order valence-corrected chi connectivity index (χ1v) is 7.57. The maximum atomic E-state index is 8.64. The fraction of sp³-hybridized carbons (Fsp3) is 0.300. The molecule has 1 heteroatoms. The highest BCUT2D eigenvalue weighted by molar-refractivity contribution is 5.50. The van der Waals surface area contributed by atoms with Crippen LogP contribution in [0.5, 0.6) is 0 Å². The van der Waals surface area contributed by atoms with Gasteiger partial charge in [0.05, 0.1) is 0 Å². The van der Waals surface area contributed by atoms with Crippen LogP contribution in [-0.2, 0) is 0 Å². The highest BCUT2D eigenvalue weighted by Gasteiger charge is 1.85. The average molecular weight is 280 g/mol. The number of unbranched alkanes of at least 4 members (excludes halogenated alkanes) is 4. The third-order valence-electron chi connectivity index (χ3n) is 2.91. The van der Waals surface area contributed by atoms with E-state index in [0.717, 1.165) is 32.1 Å². The van der Waals surface area contributed by atoms with Gasteiger partial charge in [0.25, 0.3) is 0 Å². The predicted octanol–water partition coefficient (Wildman–Crippen LogP) is 4.76. The number of aliphatic hydroxyl groups excluding tert-OH is 1. The van der Waals surface area contributed by atoms with Gasteiger partial charge in [0.2, 0.25) is 0 Å². The van der Waals surface area contributed by atoms with Gasteiger partial charge in [-0.2, -0.15) is 0 Å². The van der Waals surface area contributed by atoms with Gasteiger partial charge in [-0.25, -0.2) is 0 Å². The third kappa shape index (κ3) is 10.4. The van der Waals surface area contributed by atoms with Gasteiger partial charge in [0.1, 0.15) is 0 Å². The van der Waals surface area contributed by atoms with Crippen molar-refractivity contribution in [3.63, 3.8) is 0 Å². The lowest BCUT2D eigenvalue weighted by molar-refractivity contribution is 0.282. The van der Waals surface area contributed by atoms with Gasteiger partial charge >= 0.3 is 0 Å². The maximum Gasteiger partial charge on any atom is 0.0431 e. The second kappa shape index (κ2) is 13.0. The van der Waals surface area contributed by atoms with Crippen LogP contribution < -0.4 is 0 Å². The molecule has 1 rings (SSSR count). The second-order valence-corrected chi connectivity index (χ2v) is 4.72. The fourth-order valence-corrected chi connectivity index (χ4v) is 1.77. The van der Waals surface area contributed by atoms with Crippen LogP contribution in [0.2, 0.25) is 0 Å². The quantitative estimate of drug-likeness (QED) is 0.413. The van der Waals surface area contributed by atoms with Crippen molar-refractivity contribution in [2.24, 2.45) is 0 Å². The first-order chi connectivity index (χ1) is 10.4. The van der Waals surface area contributed by atoms with Crippen LogP contribution in [0.15, 0.2) is 60.7 Å². The lowest BCUT2D eigenvalue weighted by atomic mass is 10.1. The topological polar surface area (TPSA) is 20.2 Å². The molecule has 0 aliphatic carbocycles. The van der Waals surface area contributed by atoms with E-state index in [1.54, 1.807) is 0 Å². The molecule has 0 aliphatic rings. The van der Waals surface area contributed by atoms with Crippen LogP contribution in [0.1, 0.15) is 37.7 Å². The summed E-state index contributed by atoms with van der Waals surface area (Å²) in [6.07, 6.45) is 17.1. The van der Waals surface area contributed by atoms with Crippen LogP contribution in [-0.4, -0.2) is 11.7 Å². The van der Waals surface area contributed by atoms with Crippen LogP contribution in [0, 0.1) is 11.8 Å². The second-order valence-electron chi connectivity index (χ2n) is 4.72. The van der Waals surface area contributed by atoms with E-state index in [1.807, 2.05) is 48.6 Å². The minimum Gasteiger partial charge on any atom is -0.396 e. The predicted molar refractivity (Wildman–Crippen MR) is 91.7 cm³/mol. The zero-order chi connectivity index (χ0) is 15.0. The number of hydrogen-bond donors (Lipinski definition) is 1. The summed E-state index contributed by atoms with van der Waals surface area (Å²) in [7, 11) is 0. The van der Waals surface area contributed by atoms with Crippen molar-refractivity contribution in [2.45, 2.75) is 32.1 Å². The van der Waals surface area contributed by atoms with Crippen molar-refractivity contribution < 1.29 is 5.11 Å². The molecule has 0 saturated heterocycles. The van der Waals surface area contributed by atoms with Gasteiger partial charge in [-0.1, -0.05) is 85.4 Å². The van der Waals surface area contributed by atoms with E-state index in [1.165, 1.54) is 5.56 Å². The molecule has 0 atom stereocenters. The van der Waals surface area contributed by atoms with Crippen molar-refractivity contribution in [1.82, 2.24) is 0 Å². The lowest BCUT2D eigenvalue weighted by Gasteiger charge is -1.93. The van der Waals surface area contributed by atoms with Crippen molar-refractivity contribution in [2.75, 3.05) is 6.61 Å². The van der Waals surface area contributed by atoms with Gasteiger partial charge in [0.15, 0.2) is 0 Å². The zero-order valence-corrected chi connectivity index (χ0v) is 12.5. The number of benzene rings is 1. The van der Waals surface area contributed by atoms with Crippen LogP contribution in [0.3, 0.4) is 0 Å². The molecule has 1 nitrogen and oxygen atoms in total. The van der Waals surface area contributed by atoms with E-state index in [4.69, 9.17) is 5.11 Å². The van der Waals surface area contributed by atoms with E-state index in [0.29, 0.717) is 6.61 Å². The van der Waals surface area contributed by atoms with Crippen molar-refractivity contribution in [3.05, 3.63) is 66.3 Å². The van der Waals surface area contributed by atoms with E-state index in [-0.39, 0.29) is 0 Å². The van der Waals surface area contributed by atoms with Gasteiger partial charge < -0.3 is 5.11 Å². The Balaban J connectivity index is 2.11. The normalized spacial score (nSPS) is 11.3. The molecule has 110 valence electrons. The molecule has 1 aromatic rings. The Morgan fingerprint density at radius 2 is 1.62 bits per heavy atom. The molecule has 0 unspecified atom stereocenters. The smallest absolute Gasteiger partial charge is 0.0431 e. The number of allylic oxidation sites excluding steroid dienone is 5. The van der Waals surface area contributed by atoms with Gasteiger partial charge in [0, 0.05) is 13.0 Å². The summed E-state index contributed by atoms with van der Waals surface area (Å²) < 4.78 is 0. The minimum atomic E-state index is 0.305. The van der Waals surface area contributed by atoms with Gasteiger partial charge in [-0.05, 0) is 24.5 Å². The van der Waals surface area contributed by atoms with E-state index in [2.05, 4.69) is 30.0 Å². The summed E-state index contributed by atoms with van der Waals surface area (Å²) in [6, 6.07) is 10.2. The Hall–Kier alpha value is -2.04. The van der Waals surface area contributed by atoms with Crippen LogP contribution in [0.4, 0.5) is 0 Å². The SMILES string of the molecule is OCCCCCCC#C/C=C/C=C/C=C/c1ccccc1. The van der Waals surface area contributed by atoms with E-state index in [9.17, 15) is 0 Å². The Morgan fingerprint density at radius 1 is 0.857 bits per heavy atom. The molecular weight excluding hydrogens is 256 g/mol. The van der Waals surface area contributed by atoms with Crippen LogP contribution in [0.25, 0.3) is 6.08 Å². The van der Waals surface area contributed by atoms with Crippen LogP contribution >= 0.6 is 0 Å². The van der Waals surface area contributed by atoms with Crippen molar-refractivity contribution >= 4 is 6.08 Å². The highest BCUT2D eigenvalue weighted by atomic mass is 16.2. The first-order valence-electron chi connectivity index (χ1n) is 7.57. The Labute approximate surface area is 128 Å². The molecule has 0 fully saturated rings. The molecule has 0 spiro atoms. The summed E-state index contributed by atoms with van der Waals surface area (Å²) in [4.78, 5) is 0. The van der Waals surface area contributed by atoms with E-state index < -0.39 is 0 Å². The largest absolute Gasteiger partial charge is 0.396 e. The molecular formula is C20H24O. The standard InChI is InChI=1S/C20H24O/c21-19-15-10-8-6-4-2-1-3-5-7-9-12-16-20-17-13-11-14-18-20/h3,5,7,9,11-14,16-18,21H,4,6,8,10,15,19H2/b5-3+,9-7+,16-12+. The Morgan fingerprint density at radius 3 is 2.43 bits per heavy atom. The van der Waals surface area contributed by atoms with Crippen molar-refractivity contribution in [1.29, 1.82) is 0 Å². The third-order valence-corrected chi connectivity index (χ3v) is 2.91. The maximum absolute atomic E-state index is 8.64. The lowest BCUT2D eigenvalue weighted by Crippen LogP contribution is -1.82. The zero-order valence-electron chi connectivity index (χ0n) is 12.5. The molecule has 0 bridgehead atoms. The average Bonchev–Trinajstić information content (AvgIpc) is 2.53. The molecule has 1 aromatic carbocycles. The summed E-state index contributed by atoms with van der Waals surface area (Å²) in [5, 5.41) is 8.64. The number of aliphatic hydroxyl groups is 1. The van der Waals surface area contributed by atoms with E-state index >= 15 is 0 Å². The molecule has 0 aliphatic heterocycles. The molecule has 0 heterocycles. The number of hydrogen-bond acceptors (Lipinski definition) is 1. The van der Waals surface area contributed by atoms with Crippen molar-refractivity contribution in [3.8, 4) is 11.8 Å². The number of rotatable bonds is 8. The van der Waals surface area contributed by atoms with Gasteiger partial charge in [-0.3, -0.25) is 0 Å². The molecule has 0 radical (unpaired) electrons. The highest BCUT2D eigenvalue weighted by Crippen LogP contribution is 2.01. The molecule has 0 saturated carbocycles. The molecule has 1 N–H and O–H groups in total. The minimum absolute atomic E-state index is 0.305.